The van der Waals surface area contributed by atoms with Crippen molar-refractivity contribution in [2.24, 2.45) is 0 Å². The summed E-state index contributed by atoms with van der Waals surface area (Å²) in [5.74, 6) is 0.239. The molecule has 1 heterocycles. The molecule has 5 nitrogen and oxygen atoms in total. The van der Waals surface area contributed by atoms with Gasteiger partial charge in [0.2, 0.25) is 0 Å². The molecular weight excluding hydrogens is 312 g/mol. The molecule has 0 radical (unpaired) electrons. The van der Waals surface area contributed by atoms with Crippen LogP contribution >= 0.6 is 11.6 Å². The standard InChI is InChI=1S/C14H11ClN2O3S/c15-12-7-13(10-17-9-12)20-5-6-21(18,19)14-3-1-11(8-16)2-4-14/h1-4,7,9-10H,5-6H2. The lowest BCUT2D eigenvalue weighted by Gasteiger charge is -2.07. The van der Waals surface area contributed by atoms with Crippen LogP contribution in [0, 0.1) is 11.3 Å². The fourth-order valence-electron chi connectivity index (χ4n) is 1.60. The van der Waals surface area contributed by atoms with Crippen LogP contribution in [-0.4, -0.2) is 25.8 Å². The van der Waals surface area contributed by atoms with Crippen molar-refractivity contribution in [1.82, 2.24) is 4.98 Å². The van der Waals surface area contributed by atoms with Crippen LogP contribution in [0.25, 0.3) is 0 Å². The lowest BCUT2D eigenvalue weighted by atomic mass is 10.2. The van der Waals surface area contributed by atoms with Gasteiger partial charge >= 0.3 is 0 Å². The second-order valence-electron chi connectivity index (χ2n) is 4.14. The zero-order valence-corrected chi connectivity index (χ0v) is 12.4. The number of halogens is 1. The van der Waals surface area contributed by atoms with Crippen molar-refractivity contribution in [3.8, 4) is 11.8 Å². The zero-order valence-electron chi connectivity index (χ0n) is 10.9. The molecule has 0 spiro atoms. The van der Waals surface area contributed by atoms with Crippen molar-refractivity contribution in [3.63, 3.8) is 0 Å². The Morgan fingerprint density at radius 2 is 1.95 bits per heavy atom. The Morgan fingerprint density at radius 1 is 1.24 bits per heavy atom. The average Bonchev–Trinajstić information content (AvgIpc) is 2.47. The number of nitriles is 1. The molecule has 0 aliphatic carbocycles. The number of hydrogen-bond donors (Lipinski definition) is 0. The molecule has 0 N–H and O–H groups in total. The molecular formula is C14H11ClN2O3S. The van der Waals surface area contributed by atoms with E-state index < -0.39 is 9.84 Å². The minimum Gasteiger partial charge on any atom is -0.491 e. The highest BCUT2D eigenvalue weighted by Gasteiger charge is 2.14. The van der Waals surface area contributed by atoms with E-state index in [4.69, 9.17) is 21.6 Å². The first-order valence-corrected chi connectivity index (χ1v) is 8.00. The normalized spacial score (nSPS) is 10.9. The summed E-state index contributed by atoms with van der Waals surface area (Å²) in [5, 5.41) is 9.10. The summed E-state index contributed by atoms with van der Waals surface area (Å²) >= 11 is 5.75. The van der Waals surface area contributed by atoms with Gasteiger partial charge in [-0.1, -0.05) is 11.6 Å². The Labute approximate surface area is 127 Å². The number of ether oxygens (including phenoxy) is 1. The van der Waals surface area contributed by atoms with Crippen molar-refractivity contribution in [1.29, 1.82) is 5.26 Å². The molecule has 0 saturated carbocycles. The molecule has 0 amide bonds. The fraction of sp³-hybridized carbons (Fsp3) is 0.143. The van der Waals surface area contributed by atoms with Gasteiger partial charge in [-0.2, -0.15) is 5.26 Å². The fourth-order valence-corrected chi connectivity index (χ4v) is 2.85. The van der Waals surface area contributed by atoms with Crippen molar-refractivity contribution >= 4 is 21.4 Å². The average molecular weight is 323 g/mol. The van der Waals surface area contributed by atoms with Crippen LogP contribution in [0.15, 0.2) is 47.6 Å². The minimum atomic E-state index is -3.45. The quantitative estimate of drug-likeness (QED) is 0.844. The number of hydrogen-bond acceptors (Lipinski definition) is 5. The maximum atomic E-state index is 12.1. The van der Waals surface area contributed by atoms with Crippen LogP contribution in [0.3, 0.4) is 0 Å². The predicted octanol–water partition coefficient (Wildman–Crippen LogP) is 2.46. The molecule has 0 unspecified atom stereocenters. The topological polar surface area (TPSA) is 80.0 Å². The van der Waals surface area contributed by atoms with E-state index in [2.05, 4.69) is 4.98 Å². The SMILES string of the molecule is N#Cc1ccc(S(=O)(=O)CCOc2cncc(Cl)c2)cc1. The number of pyridine rings is 1. The number of benzene rings is 1. The molecule has 0 aliphatic rings. The van der Waals surface area contributed by atoms with E-state index in [9.17, 15) is 8.42 Å². The second kappa shape index (κ2) is 6.57. The third-order valence-electron chi connectivity index (χ3n) is 2.64. The molecule has 0 bridgehead atoms. The Bertz CT molecular complexity index is 768. The monoisotopic (exact) mass is 322 g/mol. The van der Waals surface area contributed by atoms with E-state index >= 15 is 0 Å². The zero-order chi connectivity index (χ0) is 15.3. The van der Waals surface area contributed by atoms with Crippen molar-refractivity contribution in [2.75, 3.05) is 12.4 Å². The van der Waals surface area contributed by atoms with Gasteiger partial charge in [0.25, 0.3) is 0 Å². The molecule has 7 heteroatoms. The summed E-state index contributed by atoms with van der Waals surface area (Å²) in [6, 6.07) is 9.25. The highest BCUT2D eigenvalue weighted by atomic mass is 35.5. The molecule has 2 aromatic rings. The van der Waals surface area contributed by atoms with Crippen molar-refractivity contribution in [3.05, 3.63) is 53.3 Å². The minimum absolute atomic E-state index is 0.00957. The van der Waals surface area contributed by atoms with Gasteiger partial charge in [0, 0.05) is 12.3 Å². The van der Waals surface area contributed by atoms with Gasteiger partial charge in [0.05, 0.1) is 33.5 Å². The van der Waals surface area contributed by atoms with E-state index in [-0.39, 0.29) is 17.3 Å². The maximum Gasteiger partial charge on any atom is 0.181 e. The van der Waals surface area contributed by atoms with Gasteiger partial charge in [-0.3, -0.25) is 4.98 Å². The van der Waals surface area contributed by atoms with Gasteiger partial charge in [-0.15, -0.1) is 0 Å². The first-order chi connectivity index (χ1) is 10.0. The van der Waals surface area contributed by atoms with Gasteiger partial charge in [0.1, 0.15) is 12.4 Å². The van der Waals surface area contributed by atoms with E-state index in [1.54, 1.807) is 6.07 Å². The summed E-state index contributed by atoms with van der Waals surface area (Å²) in [7, 11) is -3.45. The van der Waals surface area contributed by atoms with Crippen LogP contribution in [0.1, 0.15) is 5.56 Å². The Morgan fingerprint density at radius 3 is 2.57 bits per heavy atom. The van der Waals surface area contributed by atoms with E-state index in [1.165, 1.54) is 36.7 Å². The molecule has 0 aliphatic heterocycles. The highest BCUT2D eigenvalue weighted by Crippen LogP contribution is 2.16. The lowest BCUT2D eigenvalue weighted by Crippen LogP contribution is -2.14. The van der Waals surface area contributed by atoms with Gasteiger partial charge < -0.3 is 4.74 Å². The first-order valence-electron chi connectivity index (χ1n) is 5.97. The summed E-state index contributed by atoms with van der Waals surface area (Å²) in [5.41, 5.74) is 0.412. The number of aromatic nitrogens is 1. The molecule has 0 fully saturated rings. The third kappa shape index (κ3) is 4.18. The maximum absolute atomic E-state index is 12.1. The number of rotatable bonds is 5. The summed E-state index contributed by atoms with van der Waals surface area (Å²) in [6.07, 6.45) is 2.92. The third-order valence-corrected chi connectivity index (χ3v) is 4.54. The van der Waals surface area contributed by atoms with Gasteiger partial charge in [-0.05, 0) is 24.3 Å². The highest BCUT2D eigenvalue weighted by molar-refractivity contribution is 7.91. The molecule has 108 valence electrons. The molecule has 0 atom stereocenters. The Kier molecular flexibility index (Phi) is 4.78. The Balaban J connectivity index is 1.99. The summed E-state index contributed by atoms with van der Waals surface area (Å²) < 4.78 is 29.5. The van der Waals surface area contributed by atoms with E-state index in [0.717, 1.165) is 0 Å². The van der Waals surface area contributed by atoms with Crippen LogP contribution in [-0.2, 0) is 9.84 Å². The largest absolute Gasteiger partial charge is 0.491 e. The molecule has 0 saturated heterocycles. The molecule has 1 aromatic carbocycles. The van der Waals surface area contributed by atoms with Gasteiger partial charge in [-0.25, -0.2) is 8.42 Å². The predicted molar refractivity (Wildman–Crippen MR) is 78.0 cm³/mol. The van der Waals surface area contributed by atoms with Crippen LogP contribution in [0.5, 0.6) is 5.75 Å². The molecule has 2 rings (SSSR count). The van der Waals surface area contributed by atoms with Gasteiger partial charge in [0.15, 0.2) is 9.84 Å². The van der Waals surface area contributed by atoms with E-state index in [0.29, 0.717) is 16.3 Å². The van der Waals surface area contributed by atoms with Crippen LogP contribution in [0.2, 0.25) is 5.02 Å². The summed E-state index contributed by atoms with van der Waals surface area (Å²) in [6.45, 7) is -0.00957. The number of sulfone groups is 1. The van der Waals surface area contributed by atoms with Crippen LogP contribution < -0.4 is 4.74 Å². The Hall–Kier alpha value is -2.10. The molecule has 1 aromatic heterocycles. The smallest absolute Gasteiger partial charge is 0.181 e. The number of nitrogens with zero attached hydrogens (tertiary/aromatic N) is 2. The lowest BCUT2D eigenvalue weighted by molar-refractivity contribution is 0.339. The van der Waals surface area contributed by atoms with E-state index in [1.807, 2.05) is 6.07 Å². The van der Waals surface area contributed by atoms with Crippen molar-refractivity contribution < 1.29 is 13.2 Å². The molecule has 21 heavy (non-hydrogen) atoms. The second-order valence-corrected chi connectivity index (χ2v) is 6.69. The first kappa shape index (κ1) is 15.3. The van der Waals surface area contributed by atoms with Crippen molar-refractivity contribution in [2.45, 2.75) is 4.90 Å². The summed E-state index contributed by atoms with van der Waals surface area (Å²) in [4.78, 5) is 4.00. The van der Waals surface area contributed by atoms with Crippen LogP contribution in [0.4, 0.5) is 0 Å².